The number of benzene rings is 3. The predicted octanol–water partition coefficient (Wildman–Crippen LogP) is 7.21. The van der Waals surface area contributed by atoms with Crippen LogP contribution in [0.2, 0.25) is 5.02 Å². The first-order valence-electron chi connectivity index (χ1n) is 12.1. The maximum absolute atomic E-state index is 12.9. The number of aromatic nitrogens is 1. The molecule has 234 valence electrons. The van der Waals surface area contributed by atoms with Crippen LogP contribution >= 0.6 is 24.0 Å². The van der Waals surface area contributed by atoms with E-state index in [0.29, 0.717) is 17.2 Å². The van der Waals surface area contributed by atoms with Gasteiger partial charge in [-0.25, -0.2) is 4.79 Å². The van der Waals surface area contributed by atoms with Crippen LogP contribution in [0.15, 0.2) is 90.0 Å². The van der Waals surface area contributed by atoms with Crippen LogP contribution in [0.5, 0.6) is 11.5 Å². The largest absolute Gasteiger partial charge is 0.457 e. The topological polar surface area (TPSA) is 147 Å². The number of halogens is 5. The minimum atomic E-state index is -4.64. The molecule has 44 heavy (non-hydrogen) atoms. The van der Waals surface area contributed by atoms with Crippen molar-refractivity contribution in [2.24, 2.45) is 0 Å². The van der Waals surface area contributed by atoms with Crippen molar-refractivity contribution in [1.29, 1.82) is 0 Å². The van der Waals surface area contributed by atoms with Crippen molar-refractivity contribution in [3.05, 3.63) is 107 Å². The van der Waals surface area contributed by atoms with E-state index in [-0.39, 0.29) is 34.6 Å². The summed E-state index contributed by atoms with van der Waals surface area (Å²) in [6.07, 6.45) is -3.21. The molecule has 1 aromatic heterocycles. The van der Waals surface area contributed by atoms with Gasteiger partial charge in [0.2, 0.25) is 0 Å². The molecule has 0 aliphatic heterocycles. The van der Waals surface area contributed by atoms with Crippen molar-refractivity contribution >= 4 is 57.4 Å². The molecule has 0 aliphatic rings. The lowest BCUT2D eigenvalue weighted by Gasteiger charge is -2.12. The number of carbonyl (C=O) groups is 2. The van der Waals surface area contributed by atoms with Crippen molar-refractivity contribution in [3.63, 3.8) is 0 Å². The average molecular weight is 673 g/mol. The van der Waals surface area contributed by atoms with Crippen LogP contribution in [0.25, 0.3) is 0 Å². The lowest BCUT2D eigenvalue weighted by atomic mass is 10.2. The zero-order chi connectivity index (χ0) is 31.8. The van der Waals surface area contributed by atoms with Gasteiger partial charge < -0.3 is 20.7 Å². The molecule has 0 saturated heterocycles. The quantitative estimate of drug-likeness (QED) is 0.158. The lowest BCUT2D eigenvalue weighted by molar-refractivity contribution is -0.137. The highest BCUT2D eigenvalue weighted by Crippen LogP contribution is 2.36. The van der Waals surface area contributed by atoms with Gasteiger partial charge in [0.05, 0.1) is 15.5 Å². The summed E-state index contributed by atoms with van der Waals surface area (Å²) >= 11 is 5.57. The molecule has 0 atom stereocenters. The molecule has 0 saturated carbocycles. The van der Waals surface area contributed by atoms with Gasteiger partial charge >= 0.3 is 12.2 Å². The smallest absolute Gasteiger partial charge is 0.417 e. The van der Waals surface area contributed by atoms with Crippen molar-refractivity contribution in [1.82, 2.24) is 10.3 Å². The maximum Gasteiger partial charge on any atom is 0.417 e. The number of amides is 3. The lowest BCUT2D eigenvalue weighted by Crippen LogP contribution is -2.19. The fourth-order valence-electron chi connectivity index (χ4n) is 3.29. The molecule has 16 heteroatoms. The molecular formula is C28H25Cl2F3N4O6S. The monoisotopic (exact) mass is 672 g/mol. The first-order valence-corrected chi connectivity index (χ1v) is 13.9. The Kier molecular flexibility index (Phi) is 12.5. The Morgan fingerprint density at radius 3 is 2.05 bits per heavy atom. The third-order valence-corrected chi connectivity index (χ3v) is 6.58. The number of aryl methyl sites for hydroxylation is 1. The zero-order valence-electron chi connectivity index (χ0n) is 22.8. The number of nitrogens with zero attached hydrogens (tertiary/aromatic N) is 1. The van der Waals surface area contributed by atoms with Gasteiger partial charge in [-0.3, -0.25) is 14.3 Å². The first-order chi connectivity index (χ1) is 20.2. The van der Waals surface area contributed by atoms with Gasteiger partial charge in [0.15, 0.2) is 0 Å². The molecule has 0 aliphatic carbocycles. The Hall–Kier alpha value is -4.37. The second kappa shape index (κ2) is 15.4. The van der Waals surface area contributed by atoms with Crippen LogP contribution in [-0.4, -0.2) is 36.9 Å². The average Bonchev–Trinajstić information content (AvgIpc) is 2.94. The van der Waals surface area contributed by atoms with Gasteiger partial charge in [-0.05, 0) is 67.6 Å². The van der Waals surface area contributed by atoms with E-state index in [1.165, 1.54) is 37.5 Å². The summed E-state index contributed by atoms with van der Waals surface area (Å²) in [6.45, 7) is 1.84. The molecule has 3 aromatic carbocycles. The fourth-order valence-corrected chi connectivity index (χ4v) is 4.00. The van der Waals surface area contributed by atoms with Gasteiger partial charge in [0, 0.05) is 30.7 Å². The highest BCUT2D eigenvalue weighted by Gasteiger charge is 2.33. The minimum Gasteiger partial charge on any atom is -0.457 e. The molecule has 4 rings (SSSR count). The van der Waals surface area contributed by atoms with Crippen LogP contribution in [0.4, 0.5) is 29.3 Å². The minimum absolute atomic E-state index is 0. The van der Waals surface area contributed by atoms with Crippen molar-refractivity contribution in [3.8, 4) is 11.5 Å². The van der Waals surface area contributed by atoms with E-state index in [4.69, 9.17) is 20.9 Å². The molecule has 4 aromatic rings. The molecule has 3 amide bonds. The Balaban J connectivity index is 0.000000475. The van der Waals surface area contributed by atoms with Crippen LogP contribution in [0.3, 0.4) is 0 Å². The van der Waals surface area contributed by atoms with E-state index in [0.717, 1.165) is 17.7 Å². The normalized spacial score (nSPS) is 10.8. The Bertz CT molecular complexity index is 1710. The number of hydrogen-bond acceptors (Lipinski definition) is 6. The predicted molar refractivity (Wildman–Crippen MR) is 161 cm³/mol. The van der Waals surface area contributed by atoms with E-state index in [2.05, 4.69) is 20.9 Å². The van der Waals surface area contributed by atoms with E-state index >= 15 is 0 Å². The molecule has 1 heterocycles. The van der Waals surface area contributed by atoms with Crippen LogP contribution in [-0.2, 0) is 16.3 Å². The molecule has 0 unspecified atom stereocenters. The molecular weight excluding hydrogens is 648 g/mol. The van der Waals surface area contributed by atoms with Gasteiger partial charge in [-0.2, -0.15) is 21.6 Å². The molecule has 4 N–H and O–H groups in total. The Morgan fingerprint density at radius 1 is 0.886 bits per heavy atom. The Morgan fingerprint density at radius 2 is 1.48 bits per heavy atom. The van der Waals surface area contributed by atoms with Crippen molar-refractivity contribution < 1.29 is 40.5 Å². The van der Waals surface area contributed by atoms with E-state index in [1.54, 1.807) is 42.5 Å². The summed E-state index contributed by atoms with van der Waals surface area (Å²) in [5.41, 5.74) is 0.409. The van der Waals surface area contributed by atoms with E-state index < -0.39 is 32.9 Å². The summed E-state index contributed by atoms with van der Waals surface area (Å²) in [5, 5.41) is 6.83. The number of hydrogen-bond donors (Lipinski definition) is 4. The second-order valence-electron chi connectivity index (χ2n) is 8.64. The van der Waals surface area contributed by atoms with Crippen molar-refractivity contribution in [2.45, 2.75) is 18.0 Å². The maximum atomic E-state index is 12.9. The fraction of sp³-hybridized carbons (Fsp3) is 0.107. The standard InChI is InChI=1S/C21H16ClF3N4O3.C7H8O3S.ClH/c1-26-19(30)18-11-15(8-9-27-18)32-14-5-2-12(3-6-14)28-20(31)29-13-4-7-17(22)16(10-13)21(23,24)25;1-6-2-4-7(5-3-6)11(8,9)10;/h2-11H,1H3,(H,26,30)(H2,28,29,31);2-5H,1H3,(H,8,9,10);1H. The summed E-state index contributed by atoms with van der Waals surface area (Å²) in [7, 11) is -2.53. The molecule has 0 fully saturated rings. The number of nitrogens with one attached hydrogen (secondary N) is 3. The number of ether oxygens (including phenoxy) is 1. The molecule has 10 nitrogen and oxygen atoms in total. The molecule has 0 radical (unpaired) electrons. The number of alkyl halides is 3. The van der Waals surface area contributed by atoms with E-state index in [1.807, 2.05) is 6.92 Å². The van der Waals surface area contributed by atoms with E-state index in [9.17, 15) is 31.2 Å². The summed E-state index contributed by atoms with van der Waals surface area (Å²) < 4.78 is 74.0. The third kappa shape index (κ3) is 10.7. The van der Waals surface area contributed by atoms with Crippen LogP contribution in [0.1, 0.15) is 21.6 Å². The molecule has 0 spiro atoms. The van der Waals surface area contributed by atoms with Crippen LogP contribution < -0.4 is 20.7 Å². The second-order valence-corrected chi connectivity index (χ2v) is 10.5. The number of rotatable bonds is 6. The van der Waals surface area contributed by atoms with Gasteiger partial charge in [-0.1, -0.05) is 29.3 Å². The van der Waals surface area contributed by atoms with Gasteiger partial charge in [0.1, 0.15) is 17.2 Å². The first kappa shape index (κ1) is 35.8. The zero-order valence-corrected chi connectivity index (χ0v) is 25.2. The summed E-state index contributed by atoms with van der Waals surface area (Å²) in [6, 6.07) is 17.6. The van der Waals surface area contributed by atoms with Gasteiger partial charge in [0.25, 0.3) is 16.0 Å². The highest BCUT2D eigenvalue weighted by molar-refractivity contribution is 7.85. The highest BCUT2D eigenvalue weighted by atomic mass is 35.5. The number of anilines is 2. The van der Waals surface area contributed by atoms with Gasteiger partial charge in [-0.15, -0.1) is 12.4 Å². The summed E-state index contributed by atoms with van der Waals surface area (Å²) in [4.78, 5) is 27.6. The Labute approximate surface area is 261 Å². The number of pyridine rings is 1. The third-order valence-electron chi connectivity index (χ3n) is 5.39. The van der Waals surface area contributed by atoms with Crippen molar-refractivity contribution in [2.75, 3.05) is 17.7 Å². The number of carbonyl (C=O) groups excluding carboxylic acids is 2. The molecule has 0 bridgehead atoms. The summed E-state index contributed by atoms with van der Waals surface area (Å²) in [5.74, 6) is 0.460. The number of urea groups is 1. The van der Waals surface area contributed by atoms with Crippen LogP contribution in [0, 0.1) is 6.92 Å². The SMILES string of the molecule is CNC(=O)c1cc(Oc2ccc(NC(=O)Nc3ccc(Cl)c(C(F)(F)F)c3)cc2)ccn1.Cc1ccc(S(=O)(=O)O)cc1.Cl.